The number of rotatable bonds is 3. The Balaban J connectivity index is 2.42. The van der Waals surface area contributed by atoms with Crippen molar-refractivity contribution in [2.24, 2.45) is 0 Å². The monoisotopic (exact) mass is 306 g/mol. The Hall–Kier alpha value is -2.70. The number of ether oxygens (including phenoxy) is 5. The molecule has 0 aromatic heterocycles. The molecule has 2 aliphatic rings. The van der Waals surface area contributed by atoms with E-state index in [4.69, 9.17) is 23.7 Å². The predicted octanol–water partition coefficient (Wildman–Crippen LogP) is 1.73. The van der Waals surface area contributed by atoms with Crippen molar-refractivity contribution in [2.75, 3.05) is 28.1 Å². The number of hydrogen-bond acceptors (Lipinski definition) is 7. The fourth-order valence-corrected chi connectivity index (χ4v) is 2.71. The first-order valence-corrected chi connectivity index (χ1v) is 6.48. The number of benzene rings is 1. The van der Waals surface area contributed by atoms with Crippen molar-refractivity contribution < 1.29 is 33.3 Å². The van der Waals surface area contributed by atoms with Crippen molar-refractivity contribution in [3.8, 4) is 23.0 Å². The van der Waals surface area contributed by atoms with Crippen LogP contribution in [0, 0.1) is 0 Å². The van der Waals surface area contributed by atoms with Crippen LogP contribution in [0.1, 0.15) is 27.6 Å². The molecule has 0 atom stereocenters. The molecule has 0 fully saturated rings. The van der Waals surface area contributed by atoms with Crippen molar-refractivity contribution in [1.82, 2.24) is 0 Å². The molecule has 0 unspecified atom stereocenters. The third-order valence-electron chi connectivity index (χ3n) is 3.68. The lowest BCUT2D eigenvalue weighted by atomic mass is 9.86. The highest BCUT2D eigenvalue weighted by atomic mass is 16.7. The number of fused-ring (bicyclic) bond motifs is 3. The minimum Gasteiger partial charge on any atom is -0.492 e. The third kappa shape index (κ3) is 1.62. The van der Waals surface area contributed by atoms with E-state index in [-0.39, 0.29) is 58.0 Å². The lowest BCUT2D eigenvalue weighted by Gasteiger charge is -2.22. The van der Waals surface area contributed by atoms with Crippen molar-refractivity contribution in [2.45, 2.75) is 6.92 Å². The summed E-state index contributed by atoms with van der Waals surface area (Å²) in [5, 5.41) is 0. The fraction of sp³-hybridized carbons (Fsp3) is 0.333. The molecule has 7 nitrogen and oxygen atoms in total. The van der Waals surface area contributed by atoms with E-state index < -0.39 is 5.78 Å². The Kier molecular flexibility index (Phi) is 3.20. The van der Waals surface area contributed by atoms with E-state index in [2.05, 4.69) is 0 Å². The molecule has 0 amide bonds. The third-order valence-corrected chi connectivity index (χ3v) is 3.68. The zero-order valence-corrected chi connectivity index (χ0v) is 12.6. The van der Waals surface area contributed by atoms with Crippen LogP contribution in [0.3, 0.4) is 0 Å². The molecule has 3 rings (SSSR count). The van der Waals surface area contributed by atoms with Gasteiger partial charge in [-0.15, -0.1) is 0 Å². The predicted molar refractivity (Wildman–Crippen MR) is 74.0 cm³/mol. The number of ketones is 2. The SMILES string of the molecule is COC1=C(C)C(=O)c2c3c(c(OC)c(OC)c2C1=O)OCO3. The first-order valence-electron chi connectivity index (χ1n) is 6.48. The van der Waals surface area contributed by atoms with Crippen LogP contribution in [-0.4, -0.2) is 39.7 Å². The average molecular weight is 306 g/mol. The van der Waals surface area contributed by atoms with Gasteiger partial charge in [0.25, 0.3) is 0 Å². The van der Waals surface area contributed by atoms with Crippen LogP contribution in [0.15, 0.2) is 11.3 Å². The van der Waals surface area contributed by atoms with E-state index in [9.17, 15) is 9.59 Å². The summed E-state index contributed by atoms with van der Waals surface area (Å²) in [6, 6.07) is 0. The summed E-state index contributed by atoms with van der Waals surface area (Å²) in [5.41, 5.74) is 0.398. The minimum absolute atomic E-state index is 0.0169. The Morgan fingerprint density at radius 3 is 2.05 bits per heavy atom. The summed E-state index contributed by atoms with van der Waals surface area (Å²) in [5.74, 6) is -0.0469. The molecule has 116 valence electrons. The maximum atomic E-state index is 12.7. The number of methoxy groups -OCH3 is 3. The highest BCUT2D eigenvalue weighted by molar-refractivity contribution is 6.28. The zero-order chi connectivity index (χ0) is 16.0. The van der Waals surface area contributed by atoms with Crippen LogP contribution in [0.2, 0.25) is 0 Å². The standard InChI is InChI=1S/C15H14O7/c1-6-9(16)7-8(10(17)11(6)18-2)12(19-3)14(20-4)15-13(7)21-5-22-15/h5H2,1-4H3. The summed E-state index contributed by atoms with van der Waals surface area (Å²) in [6.45, 7) is 1.47. The molecule has 1 aliphatic heterocycles. The summed E-state index contributed by atoms with van der Waals surface area (Å²) in [7, 11) is 4.14. The van der Waals surface area contributed by atoms with Crippen molar-refractivity contribution in [3.05, 3.63) is 22.5 Å². The molecular weight excluding hydrogens is 292 g/mol. The van der Waals surface area contributed by atoms with Gasteiger partial charge in [0.05, 0.1) is 32.5 Å². The van der Waals surface area contributed by atoms with Crippen LogP contribution in [-0.2, 0) is 4.74 Å². The zero-order valence-electron chi connectivity index (χ0n) is 12.6. The van der Waals surface area contributed by atoms with Crippen molar-refractivity contribution in [3.63, 3.8) is 0 Å². The molecule has 1 aliphatic carbocycles. The maximum Gasteiger partial charge on any atom is 0.232 e. The summed E-state index contributed by atoms with van der Waals surface area (Å²) >= 11 is 0. The number of carbonyl (C=O) groups excluding carboxylic acids is 2. The van der Waals surface area contributed by atoms with Crippen molar-refractivity contribution >= 4 is 11.6 Å². The van der Waals surface area contributed by atoms with Gasteiger partial charge in [0.1, 0.15) is 0 Å². The van der Waals surface area contributed by atoms with E-state index >= 15 is 0 Å². The maximum absolute atomic E-state index is 12.7. The van der Waals surface area contributed by atoms with Gasteiger partial charge in [0.2, 0.25) is 24.1 Å². The highest BCUT2D eigenvalue weighted by Crippen LogP contribution is 2.54. The molecule has 0 radical (unpaired) electrons. The Labute approximate surface area is 126 Å². The van der Waals surface area contributed by atoms with Gasteiger partial charge < -0.3 is 23.7 Å². The molecule has 1 aromatic rings. The largest absolute Gasteiger partial charge is 0.492 e. The van der Waals surface area contributed by atoms with Gasteiger partial charge >= 0.3 is 0 Å². The van der Waals surface area contributed by atoms with Crippen LogP contribution in [0.25, 0.3) is 0 Å². The second-order valence-corrected chi connectivity index (χ2v) is 4.70. The molecule has 0 N–H and O–H groups in total. The molecule has 7 heteroatoms. The first-order chi connectivity index (χ1) is 10.6. The van der Waals surface area contributed by atoms with Crippen LogP contribution in [0.5, 0.6) is 23.0 Å². The molecule has 0 saturated carbocycles. The summed E-state index contributed by atoms with van der Waals surface area (Å²) < 4.78 is 26.4. The molecule has 0 saturated heterocycles. The van der Waals surface area contributed by atoms with Gasteiger partial charge in [-0.25, -0.2) is 0 Å². The van der Waals surface area contributed by atoms with E-state index in [1.807, 2.05) is 0 Å². The molecule has 1 heterocycles. The number of hydrogen-bond donors (Lipinski definition) is 0. The lowest BCUT2D eigenvalue weighted by Crippen LogP contribution is -2.23. The van der Waals surface area contributed by atoms with Gasteiger partial charge in [-0.1, -0.05) is 0 Å². The molecule has 0 bridgehead atoms. The topological polar surface area (TPSA) is 80.3 Å². The molecular formula is C15H14O7. The van der Waals surface area contributed by atoms with Crippen LogP contribution < -0.4 is 18.9 Å². The Bertz CT molecular complexity index is 730. The summed E-state index contributed by atoms with van der Waals surface area (Å²) in [4.78, 5) is 25.3. The lowest BCUT2D eigenvalue weighted by molar-refractivity contribution is 0.0900. The number of carbonyl (C=O) groups is 2. The number of Topliss-reactive ketones (excluding diaryl/α,β-unsaturated/α-hetero) is 2. The first kappa shape index (κ1) is 14.2. The Morgan fingerprint density at radius 2 is 1.45 bits per heavy atom. The smallest absolute Gasteiger partial charge is 0.232 e. The van der Waals surface area contributed by atoms with Gasteiger partial charge in [-0.3, -0.25) is 9.59 Å². The quantitative estimate of drug-likeness (QED) is 0.841. The second kappa shape index (κ2) is 4.94. The fourth-order valence-electron chi connectivity index (χ4n) is 2.71. The number of allylic oxidation sites excluding steroid dienone is 2. The van der Waals surface area contributed by atoms with Gasteiger partial charge in [0, 0.05) is 5.57 Å². The highest BCUT2D eigenvalue weighted by Gasteiger charge is 2.42. The minimum atomic E-state index is -0.456. The van der Waals surface area contributed by atoms with Gasteiger partial charge in [0.15, 0.2) is 23.0 Å². The molecule has 0 spiro atoms. The second-order valence-electron chi connectivity index (χ2n) is 4.70. The van der Waals surface area contributed by atoms with Crippen molar-refractivity contribution in [1.29, 1.82) is 0 Å². The van der Waals surface area contributed by atoms with Crippen LogP contribution >= 0.6 is 0 Å². The van der Waals surface area contributed by atoms with E-state index in [0.717, 1.165) is 0 Å². The summed E-state index contributed by atoms with van der Waals surface area (Å²) in [6.07, 6.45) is 0. The Morgan fingerprint density at radius 1 is 0.818 bits per heavy atom. The van der Waals surface area contributed by atoms with E-state index in [1.54, 1.807) is 0 Å². The average Bonchev–Trinajstić information content (AvgIpc) is 3.00. The van der Waals surface area contributed by atoms with E-state index in [0.29, 0.717) is 0 Å². The van der Waals surface area contributed by atoms with Crippen LogP contribution in [0.4, 0.5) is 0 Å². The van der Waals surface area contributed by atoms with Gasteiger partial charge in [-0.2, -0.15) is 0 Å². The normalized spacial score (nSPS) is 15.8. The molecule has 1 aromatic carbocycles. The van der Waals surface area contributed by atoms with E-state index in [1.165, 1.54) is 28.3 Å². The molecule has 22 heavy (non-hydrogen) atoms. The van der Waals surface area contributed by atoms with Gasteiger partial charge in [-0.05, 0) is 6.92 Å².